The molecule has 0 aromatic carbocycles. The first kappa shape index (κ1) is 16.9. The molecule has 0 aromatic rings. The molecule has 3 heteroatoms. The van der Waals surface area contributed by atoms with Gasteiger partial charge in [-0.15, -0.1) is 0 Å². The number of hydrogen-bond acceptors (Lipinski definition) is 3. The second-order valence-corrected chi connectivity index (χ2v) is 5.03. The average Bonchev–Trinajstić information content (AvgIpc) is 2.30. The second-order valence-electron chi connectivity index (χ2n) is 5.03. The van der Waals surface area contributed by atoms with Crippen LogP contribution in [-0.4, -0.2) is 49.8 Å². The molecule has 2 unspecified atom stereocenters. The van der Waals surface area contributed by atoms with E-state index in [1.54, 1.807) is 7.11 Å². The van der Waals surface area contributed by atoms with Crippen molar-refractivity contribution in [2.45, 2.75) is 65.6 Å². The first-order chi connectivity index (χ1) is 8.08. The van der Waals surface area contributed by atoms with Gasteiger partial charge in [-0.05, 0) is 40.2 Å². The van der Waals surface area contributed by atoms with Crippen LogP contribution in [0.25, 0.3) is 0 Å². The third kappa shape index (κ3) is 6.39. The van der Waals surface area contributed by atoms with E-state index in [0.29, 0.717) is 18.1 Å². The van der Waals surface area contributed by atoms with Gasteiger partial charge in [0.1, 0.15) is 0 Å². The molecule has 0 saturated heterocycles. The number of hydrogen-bond donors (Lipinski definition) is 1. The van der Waals surface area contributed by atoms with E-state index in [9.17, 15) is 0 Å². The van der Waals surface area contributed by atoms with Crippen LogP contribution in [-0.2, 0) is 4.74 Å². The van der Waals surface area contributed by atoms with E-state index in [4.69, 9.17) is 4.74 Å². The molecule has 0 saturated carbocycles. The molecule has 0 aliphatic rings. The van der Waals surface area contributed by atoms with Crippen LogP contribution in [0, 0.1) is 0 Å². The van der Waals surface area contributed by atoms with Crippen molar-refractivity contribution in [3.8, 4) is 0 Å². The SMILES string of the molecule is CCCNC(CC)C(C)N(CCOC)C(C)C. The highest BCUT2D eigenvalue weighted by Gasteiger charge is 2.23. The van der Waals surface area contributed by atoms with Gasteiger partial charge in [0.15, 0.2) is 0 Å². The lowest BCUT2D eigenvalue weighted by molar-refractivity contribution is 0.0844. The van der Waals surface area contributed by atoms with Crippen LogP contribution >= 0.6 is 0 Å². The summed E-state index contributed by atoms with van der Waals surface area (Å²) in [6.07, 6.45) is 2.38. The lowest BCUT2D eigenvalue weighted by Gasteiger charge is -2.37. The van der Waals surface area contributed by atoms with Gasteiger partial charge in [0.05, 0.1) is 6.61 Å². The summed E-state index contributed by atoms with van der Waals surface area (Å²) in [6.45, 7) is 14.3. The molecule has 1 N–H and O–H groups in total. The van der Waals surface area contributed by atoms with Crippen molar-refractivity contribution in [1.29, 1.82) is 0 Å². The highest BCUT2D eigenvalue weighted by molar-refractivity contribution is 4.82. The Hall–Kier alpha value is -0.120. The molecule has 17 heavy (non-hydrogen) atoms. The van der Waals surface area contributed by atoms with Gasteiger partial charge < -0.3 is 10.1 Å². The summed E-state index contributed by atoms with van der Waals surface area (Å²) in [5.74, 6) is 0. The molecule has 0 amide bonds. The van der Waals surface area contributed by atoms with Crippen molar-refractivity contribution in [2.75, 3.05) is 26.8 Å². The first-order valence-corrected chi connectivity index (χ1v) is 7.06. The lowest BCUT2D eigenvalue weighted by atomic mass is 10.0. The summed E-state index contributed by atoms with van der Waals surface area (Å²) in [4.78, 5) is 2.53. The van der Waals surface area contributed by atoms with Crippen LogP contribution in [0.15, 0.2) is 0 Å². The van der Waals surface area contributed by atoms with E-state index < -0.39 is 0 Å². The number of rotatable bonds is 10. The van der Waals surface area contributed by atoms with E-state index in [-0.39, 0.29) is 0 Å². The van der Waals surface area contributed by atoms with Crippen molar-refractivity contribution in [2.24, 2.45) is 0 Å². The largest absolute Gasteiger partial charge is 0.383 e. The minimum Gasteiger partial charge on any atom is -0.383 e. The van der Waals surface area contributed by atoms with E-state index in [2.05, 4.69) is 44.8 Å². The number of ether oxygens (including phenoxy) is 1. The van der Waals surface area contributed by atoms with Gasteiger partial charge in [-0.2, -0.15) is 0 Å². The fraction of sp³-hybridized carbons (Fsp3) is 1.00. The molecule has 104 valence electrons. The predicted octanol–water partition coefficient (Wildman–Crippen LogP) is 2.51. The van der Waals surface area contributed by atoms with Gasteiger partial charge in [0.2, 0.25) is 0 Å². The summed E-state index contributed by atoms with van der Waals surface area (Å²) in [5, 5.41) is 3.65. The maximum absolute atomic E-state index is 5.21. The maximum Gasteiger partial charge on any atom is 0.0589 e. The van der Waals surface area contributed by atoms with E-state index >= 15 is 0 Å². The van der Waals surface area contributed by atoms with Crippen molar-refractivity contribution in [3.05, 3.63) is 0 Å². The highest BCUT2D eigenvalue weighted by atomic mass is 16.5. The number of nitrogens with one attached hydrogen (secondary N) is 1. The smallest absolute Gasteiger partial charge is 0.0589 e. The highest BCUT2D eigenvalue weighted by Crippen LogP contribution is 2.11. The molecule has 0 spiro atoms. The van der Waals surface area contributed by atoms with Crippen LogP contribution < -0.4 is 5.32 Å². The van der Waals surface area contributed by atoms with Gasteiger partial charge in [0.25, 0.3) is 0 Å². The molecular formula is C14H32N2O. The lowest BCUT2D eigenvalue weighted by Crippen LogP contribution is -2.51. The van der Waals surface area contributed by atoms with Gasteiger partial charge in [-0.1, -0.05) is 13.8 Å². The molecular weight excluding hydrogens is 212 g/mol. The third-order valence-corrected chi connectivity index (χ3v) is 3.42. The fourth-order valence-corrected chi connectivity index (χ4v) is 2.35. The van der Waals surface area contributed by atoms with Crippen molar-refractivity contribution in [3.63, 3.8) is 0 Å². The molecule has 0 fully saturated rings. The summed E-state index contributed by atoms with van der Waals surface area (Å²) in [7, 11) is 1.77. The summed E-state index contributed by atoms with van der Waals surface area (Å²) in [6, 6.07) is 1.70. The zero-order valence-corrected chi connectivity index (χ0v) is 12.6. The van der Waals surface area contributed by atoms with Crippen LogP contribution in [0.3, 0.4) is 0 Å². The molecule has 2 atom stereocenters. The quantitative estimate of drug-likeness (QED) is 0.639. The second kappa shape index (κ2) is 9.86. The van der Waals surface area contributed by atoms with Crippen LogP contribution in [0.1, 0.15) is 47.5 Å². The Morgan fingerprint density at radius 1 is 1.18 bits per heavy atom. The molecule has 0 heterocycles. The number of methoxy groups -OCH3 is 1. The van der Waals surface area contributed by atoms with Gasteiger partial charge >= 0.3 is 0 Å². The van der Waals surface area contributed by atoms with Crippen molar-refractivity contribution in [1.82, 2.24) is 10.2 Å². The molecule has 0 radical (unpaired) electrons. The molecule has 0 aliphatic heterocycles. The minimum atomic E-state index is 0.557. The predicted molar refractivity (Wildman–Crippen MR) is 75.6 cm³/mol. The Morgan fingerprint density at radius 2 is 1.82 bits per heavy atom. The van der Waals surface area contributed by atoms with Crippen molar-refractivity contribution < 1.29 is 4.74 Å². The molecule has 0 aromatic heterocycles. The standard InChI is InChI=1S/C14H32N2O/c1-7-9-15-14(8-2)13(5)16(12(3)4)10-11-17-6/h12-15H,7-11H2,1-6H3. The summed E-state index contributed by atoms with van der Waals surface area (Å²) >= 11 is 0. The zero-order valence-electron chi connectivity index (χ0n) is 12.6. The maximum atomic E-state index is 5.21. The fourth-order valence-electron chi connectivity index (χ4n) is 2.35. The molecule has 3 nitrogen and oxygen atoms in total. The third-order valence-electron chi connectivity index (χ3n) is 3.42. The monoisotopic (exact) mass is 244 g/mol. The summed E-state index contributed by atoms with van der Waals surface area (Å²) in [5.41, 5.74) is 0. The van der Waals surface area contributed by atoms with Crippen LogP contribution in [0.4, 0.5) is 0 Å². The van der Waals surface area contributed by atoms with Crippen LogP contribution in [0.5, 0.6) is 0 Å². The summed E-state index contributed by atoms with van der Waals surface area (Å²) < 4.78 is 5.21. The van der Waals surface area contributed by atoms with E-state index in [0.717, 1.165) is 19.7 Å². The zero-order chi connectivity index (χ0) is 13.3. The minimum absolute atomic E-state index is 0.557. The Morgan fingerprint density at radius 3 is 2.24 bits per heavy atom. The van der Waals surface area contributed by atoms with Gasteiger partial charge in [-0.25, -0.2) is 0 Å². The Labute approximate surface area is 108 Å². The van der Waals surface area contributed by atoms with Crippen molar-refractivity contribution >= 4 is 0 Å². The van der Waals surface area contributed by atoms with Gasteiger partial charge in [-0.3, -0.25) is 4.90 Å². The average molecular weight is 244 g/mol. The Bertz CT molecular complexity index is 174. The normalized spacial score (nSPS) is 15.5. The number of nitrogens with zero attached hydrogens (tertiary/aromatic N) is 1. The Kier molecular flexibility index (Phi) is 9.79. The first-order valence-electron chi connectivity index (χ1n) is 7.06. The Balaban J connectivity index is 4.37. The van der Waals surface area contributed by atoms with Crippen LogP contribution in [0.2, 0.25) is 0 Å². The van der Waals surface area contributed by atoms with Gasteiger partial charge in [0, 0.05) is 31.8 Å². The topological polar surface area (TPSA) is 24.5 Å². The molecule has 0 aliphatic carbocycles. The van der Waals surface area contributed by atoms with E-state index in [1.165, 1.54) is 12.8 Å². The molecule has 0 rings (SSSR count). The molecule has 0 bridgehead atoms. The van der Waals surface area contributed by atoms with E-state index in [1.807, 2.05) is 0 Å².